The average Bonchev–Trinajstić information content (AvgIpc) is 2.60. The molecule has 22 heavy (non-hydrogen) atoms. The van der Waals surface area contributed by atoms with Crippen LogP contribution in [0.2, 0.25) is 0 Å². The van der Waals surface area contributed by atoms with E-state index in [2.05, 4.69) is 9.97 Å². The molecule has 3 rings (SSSR count). The lowest BCUT2D eigenvalue weighted by atomic mass is 10.0. The molecule has 0 aromatic carbocycles. The molecule has 0 saturated carbocycles. The Labute approximate surface area is 126 Å². The lowest BCUT2D eigenvalue weighted by Crippen LogP contribution is -2.37. The molecule has 0 aliphatic carbocycles. The summed E-state index contributed by atoms with van der Waals surface area (Å²) in [6.45, 7) is 0.943. The molecule has 2 aromatic rings. The summed E-state index contributed by atoms with van der Waals surface area (Å²) in [7, 11) is 0. The number of amides is 2. The number of fused-ring (bicyclic) bond motifs is 1. The number of hydrogen-bond donors (Lipinski definition) is 2. The monoisotopic (exact) mass is 298 g/mol. The van der Waals surface area contributed by atoms with E-state index in [1.165, 1.54) is 6.07 Å². The first kappa shape index (κ1) is 14.2. The largest absolute Gasteiger partial charge is 0.333 e. The van der Waals surface area contributed by atoms with Crippen LogP contribution in [-0.2, 0) is 13.0 Å². The SMILES string of the molecule is O=C(NO)c1ccc2c(n1)CCN(C(=O)c1ccccn1)C2. The van der Waals surface area contributed by atoms with Crippen LogP contribution in [0.5, 0.6) is 0 Å². The average molecular weight is 298 g/mol. The third-order valence-electron chi connectivity index (χ3n) is 3.55. The van der Waals surface area contributed by atoms with Crippen molar-refractivity contribution in [1.82, 2.24) is 20.3 Å². The molecule has 1 aliphatic rings. The number of hydroxylamine groups is 1. The Kier molecular flexibility index (Phi) is 3.80. The zero-order chi connectivity index (χ0) is 15.5. The molecular weight excluding hydrogens is 284 g/mol. The topological polar surface area (TPSA) is 95.4 Å². The number of nitrogens with one attached hydrogen (secondary N) is 1. The van der Waals surface area contributed by atoms with E-state index >= 15 is 0 Å². The first-order valence-electron chi connectivity index (χ1n) is 6.82. The molecule has 2 amide bonds. The Balaban J connectivity index is 1.80. The number of aromatic nitrogens is 2. The van der Waals surface area contributed by atoms with Crippen LogP contribution in [0, 0.1) is 0 Å². The van der Waals surface area contributed by atoms with E-state index in [1.54, 1.807) is 40.8 Å². The van der Waals surface area contributed by atoms with E-state index in [1.807, 2.05) is 0 Å². The molecule has 2 N–H and O–H groups in total. The van der Waals surface area contributed by atoms with Crippen molar-refractivity contribution in [3.05, 3.63) is 59.2 Å². The molecule has 112 valence electrons. The second kappa shape index (κ2) is 5.90. The molecule has 1 aliphatic heterocycles. The maximum absolute atomic E-state index is 12.4. The Morgan fingerprint density at radius 3 is 2.77 bits per heavy atom. The van der Waals surface area contributed by atoms with Gasteiger partial charge < -0.3 is 4.90 Å². The van der Waals surface area contributed by atoms with Gasteiger partial charge in [0.05, 0.1) is 0 Å². The van der Waals surface area contributed by atoms with Crippen molar-refractivity contribution in [2.24, 2.45) is 0 Å². The molecule has 7 nitrogen and oxygen atoms in total. The number of carbonyl (C=O) groups excluding carboxylic acids is 2. The van der Waals surface area contributed by atoms with E-state index in [9.17, 15) is 9.59 Å². The fourth-order valence-corrected chi connectivity index (χ4v) is 2.42. The Hall–Kier alpha value is -2.80. The van der Waals surface area contributed by atoms with Crippen molar-refractivity contribution in [3.8, 4) is 0 Å². The standard InChI is InChI=1S/C15H14N4O3/c20-14(18-22)12-5-4-10-9-19(8-6-11(10)17-12)15(21)13-3-1-2-7-16-13/h1-5,7,22H,6,8-9H2,(H,18,20). The quantitative estimate of drug-likeness (QED) is 0.631. The van der Waals surface area contributed by atoms with Crippen LogP contribution in [0.3, 0.4) is 0 Å². The first-order valence-corrected chi connectivity index (χ1v) is 6.82. The van der Waals surface area contributed by atoms with Gasteiger partial charge in [-0.05, 0) is 23.8 Å². The van der Waals surface area contributed by atoms with Gasteiger partial charge in [0.15, 0.2) is 0 Å². The predicted octanol–water partition coefficient (Wildman–Crippen LogP) is 0.794. The summed E-state index contributed by atoms with van der Waals surface area (Å²) >= 11 is 0. The molecule has 0 saturated heterocycles. The van der Waals surface area contributed by atoms with Crippen LogP contribution >= 0.6 is 0 Å². The maximum Gasteiger partial charge on any atom is 0.293 e. The van der Waals surface area contributed by atoms with Crippen LogP contribution < -0.4 is 5.48 Å². The molecule has 3 heterocycles. The van der Waals surface area contributed by atoms with Gasteiger partial charge in [-0.15, -0.1) is 0 Å². The molecule has 0 unspecified atom stereocenters. The van der Waals surface area contributed by atoms with Gasteiger partial charge in [0, 0.05) is 31.4 Å². The number of pyridine rings is 2. The Bertz CT molecular complexity index is 718. The molecule has 0 bridgehead atoms. The van der Waals surface area contributed by atoms with Gasteiger partial charge in [-0.3, -0.25) is 19.8 Å². The summed E-state index contributed by atoms with van der Waals surface area (Å²) in [4.78, 5) is 33.7. The zero-order valence-electron chi connectivity index (χ0n) is 11.7. The highest BCUT2D eigenvalue weighted by Gasteiger charge is 2.24. The van der Waals surface area contributed by atoms with E-state index in [0.29, 0.717) is 25.2 Å². The van der Waals surface area contributed by atoms with Gasteiger partial charge >= 0.3 is 0 Å². The summed E-state index contributed by atoms with van der Waals surface area (Å²) in [5.74, 6) is -0.766. The fourth-order valence-electron chi connectivity index (χ4n) is 2.42. The third-order valence-corrected chi connectivity index (χ3v) is 3.55. The van der Waals surface area contributed by atoms with E-state index in [0.717, 1.165) is 11.3 Å². The lowest BCUT2D eigenvalue weighted by Gasteiger charge is -2.28. The minimum atomic E-state index is -0.644. The van der Waals surface area contributed by atoms with Gasteiger partial charge in [0.25, 0.3) is 11.8 Å². The van der Waals surface area contributed by atoms with Crippen molar-refractivity contribution >= 4 is 11.8 Å². The normalized spacial score (nSPS) is 13.4. The van der Waals surface area contributed by atoms with E-state index in [4.69, 9.17) is 5.21 Å². The fraction of sp³-hybridized carbons (Fsp3) is 0.200. The predicted molar refractivity (Wildman–Crippen MR) is 76.2 cm³/mol. The highest BCUT2D eigenvalue weighted by atomic mass is 16.5. The number of rotatable bonds is 2. The van der Waals surface area contributed by atoms with Crippen LogP contribution in [0.25, 0.3) is 0 Å². The molecule has 7 heteroatoms. The molecule has 0 fully saturated rings. The minimum absolute atomic E-state index is 0.122. The third kappa shape index (κ3) is 2.66. The van der Waals surface area contributed by atoms with Crippen LogP contribution in [-0.4, -0.2) is 38.4 Å². The second-order valence-corrected chi connectivity index (χ2v) is 4.93. The highest BCUT2D eigenvalue weighted by molar-refractivity contribution is 5.92. The molecular formula is C15H14N4O3. The van der Waals surface area contributed by atoms with Crippen molar-refractivity contribution in [3.63, 3.8) is 0 Å². The summed E-state index contributed by atoms with van der Waals surface area (Å²) in [5, 5.41) is 8.63. The molecule has 2 aromatic heterocycles. The van der Waals surface area contributed by atoms with Gasteiger partial charge in [0.1, 0.15) is 11.4 Å². The maximum atomic E-state index is 12.4. The summed E-state index contributed by atoms with van der Waals surface area (Å²) in [5.41, 5.74) is 3.80. The Morgan fingerprint density at radius 1 is 1.18 bits per heavy atom. The lowest BCUT2D eigenvalue weighted by molar-refractivity contribution is 0.0695. The van der Waals surface area contributed by atoms with Crippen molar-refractivity contribution < 1.29 is 14.8 Å². The summed E-state index contributed by atoms with van der Waals surface area (Å²) in [6, 6.07) is 8.51. The summed E-state index contributed by atoms with van der Waals surface area (Å²) in [6.07, 6.45) is 2.15. The van der Waals surface area contributed by atoms with Crippen LogP contribution in [0.15, 0.2) is 36.5 Å². The number of carbonyl (C=O) groups is 2. The molecule has 0 spiro atoms. The van der Waals surface area contributed by atoms with Crippen molar-refractivity contribution in [2.75, 3.05) is 6.54 Å². The smallest absolute Gasteiger partial charge is 0.293 e. The van der Waals surface area contributed by atoms with Gasteiger partial charge in [0.2, 0.25) is 0 Å². The summed E-state index contributed by atoms with van der Waals surface area (Å²) < 4.78 is 0. The van der Waals surface area contributed by atoms with Crippen molar-refractivity contribution in [2.45, 2.75) is 13.0 Å². The zero-order valence-corrected chi connectivity index (χ0v) is 11.7. The van der Waals surface area contributed by atoms with Crippen LogP contribution in [0.4, 0.5) is 0 Å². The van der Waals surface area contributed by atoms with Gasteiger partial charge in [-0.25, -0.2) is 10.5 Å². The van der Waals surface area contributed by atoms with E-state index in [-0.39, 0.29) is 11.6 Å². The molecule has 0 radical (unpaired) electrons. The number of hydrogen-bond acceptors (Lipinski definition) is 5. The van der Waals surface area contributed by atoms with Crippen LogP contribution in [0.1, 0.15) is 32.2 Å². The first-order chi connectivity index (χ1) is 10.7. The van der Waals surface area contributed by atoms with Gasteiger partial charge in [-0.2, -0.15) is 0 Å². The minimum Gasteiger partial charge on any atom is -0.333 e. The Morgan fingerprint density at radius 2 is 2.05 bits per heavy atom. The van der Waals surface area contributed by atoms with E-state index < -0.39 is 5.91 Å². The number of nitrogens with zero attached hydrogens (tertiary/aromatic N) is 3. The highest BCUT2D eigenvalue weighted by Crippen LogP contribution is 2.19. The van der Waals surface area contributed by atoms with Gasteiger partial charge in [-0.1, -0.05) is 12.1 Å². The second-order valence-electron chi connectivity index (χ2n) is 4.93. The molecule has 0 atom stereocenters. The van der Waals surface area contributed by atoms with Crippen molar-refractivity contribution in [1.29, 1.82) is 0 Å².